The fourth-order valence-corrected chi connectivity index (χ4v) is 13.6. The number of ether oxygens (including phenoxy) is 1. The maximum Gasteiger partial charge on any atom is 0.415 e. The number of piperazine rings is 1. The van der Waals surface area contributed by atoms with Crippen LogP contribution >= 0.6 is 0 Å². The van der Waals surface area contributed by atoms with Crippen LogP contribution in [-0.4, -0.2) is 92.4 Å². The highest BCUT2D eigenvalue weighted by molar-refractivity contribution is 7.86. The Morgan fingerprint density at radius 1 is 0.958 bits per heavy atom. The summed E-state index contributed by atoms with van der Waals surface area (Å²) in [6, 6.07) is 9.58. The lowest BCUT2D eigenvalue weighted by atomic mass is 10.0. The molecule has 48 heavy (non-hydrogen) atoms. The third-order valence-corrected chi connectivity index (χ3v) is 17.6. The number of aromatic nitrogens is 1. The quantitative estimate of drug-likeness (QED) is 0.239. The lowest BCUT2D eigenvalue weighted by Crippen LogP contribution is -2.53. The van der Waals surface area contributed by atoms with Gasteiger partial charge < -0.3 is 19.0 Å². The molecule has 2 amide bonds. The molecule has 2 aromatic carbocycles. The Morgan fingerprint density at radius 2 is 1.56 bits per heavy atom. The first-order valence-corrected chi connectivity index (χ1v) is 19.9. The van der Waals surface area contributed by atoms with Gasteiger partial charge in [0.15, 0.2) is 0 Å². The van der Waals surface area contributed by atoms with Gasteiger partial charge >= 0.3 is 6.09 Å². The topological polar surface area (TPSA) is 113 Å². The minimum Gasteiger partial charge on any atom is -0.541 e. The molecule has 1 fully saturated rings. The van der Waals surface area contributed by atoms with Crippen LogP contribution in [0.5, 0.6) is 11.5 Å². The second-order valence-electron chi connectivity index (χ2n) is 13.7. The molecule has 0 bridgehead atoms. The average molecular weight is 700 g/mol. The van der Waals surface area contributed by atoms with Crippen molar-refractivity contribution in [3.8, 4) is 11.5 Å². The van der Waals surface area contributed by atoms with Crippen molar-refractivity contribution in [1.29, 1.82) is 0 Å². The van der Waals surface area contributed by atoms with Crippen LogP contribution in [-0.2, 0) is 23.3 Å². The summed E-state index contributed by atoms with van der Waals surface area (Å²) in [5.41, 5.74) is 2.69. The molecule has 14 heteroatoms. The van der Waals surface area contributed by atoms with E-state index in [1.165, 1.54) is 35.4 Å². The summed E-state index contributed by atoms with van der Waals surface area (Å²) in [6.45, 7) is 13.9. The minimum absolute atomic E-state index is 0.124. The van der Waals surface area contributed by atoms with Gasteiger partial charge in [-0.1, -0.05) is 53.7 Å². The molecule has 2 aliphatic rings. The van der Waals surface area contributed by atoms with Crippen molar-refractivity contribution in [1.82, 2.24) is 23.4 Å². The molecule has 11 nitrogen and oxygen atoms in total. The number of nitrogens with zero attached hydrogens (tertiary/aromatic N) is 5. The monoisotopic (exact) mass is 699 g/mol. The van der Waals surface area contributed by atoms with Crippen molar-refractivity contribution in [3.05, 3.63) is 65.1 Å². The van der Waals surface area contributed by atoms with Crippen molar-refractivity contribution < 1.29 is 31.6 Å². The molecule has 3 heterocycles. The van der Waals surface area contributed by atoms with Crippen LogP contribution in [0.25, 0.3) is 10.9 Å². The van der Waals surface area contributed by atoms with E-state index in [1.807, 2.05) is 6.07 Å². The third kappa shape index (κ3) is 6.42. The van der Waals surface area contributed by atoms with E-state index < -0.39 is 24.6 Å². The van der Waals surface area contributed by atoms with Gasteiger partial charge in [-0.25, -0.2) is 9.18 Å². The summed E-state index contributed by atoms with van der Waals surface area (Å²) >= 11 is 0. The summed E-state index contributed by atoms with van der Waals surface area (Å²) < 4.78 is 54.9. The summed E-state index contributed by atoms with van der Waals surface area (Å²) in [5, 5.41) is 0.545. The highest BCUT2D eigenvalue weighted by Crippen LogP contribution is 2.49. The van der Waals surface area contributed by atoms with E-state index in [0.717, 1.165) is 9.87 Å². The second-order valence-corrected chi connectivity index (χ2v) is 21.2. The van der Waals surface area contributed by atoms with E-state index in [0.29, 0.717) is 27.8 Å². The van der Waals surface area contributed by atoms with Crippen LogP contribution in [0.15, 0.2) is 42.6 Å². The maximum absolute atomic E-state index is 14.4. The zero-order valence-electron chi connectivity index (χ0n) is 29.0. The van der Waals surface area contributed by atoms with Gasteiger partial charge in [-0.15, -0.1) is 0 Å². The molecule has 3 aromatic rings. The highest BCUT2D eigenvalue weighted by Gasteiger charge is 2.49. The zero-order chi connectivity index (χ0) is 35.1. The van der Waals surface area contributed by atoms with Crippen LogP contribution in [0.1, 0.15) is 63.0 Å². The molecule has 2 aliphatic heterocycles. The predicted molar refractivity (Wildman–Crippen MR) is 185 cm³/mol. The fraction of sp³-hybridized carbons (Fsp3) is 0.500. The number of rotatable bonds is 10. The summed E-state index contributed by atoms with van der Waals surface area (Å²) in [4.78, 5) is 35.9. The molecule has 5 rings (SSSR count). The summed E-state index contributed by atoms with van der Waals surface area (Å²) in [7, 11) is -3.27. The van der Waals surface area contributed by atoms with Gasteiger partial charge in [0.05, 0.1) is 12.1 Å². The molecular weight excluding hydrogens is 654 g/mol. The van der Waals surface area contributed by atoms with E-state index in [2.05, 4.69) is 41.5 Å². The van der Waals surface area contributed by atoms with E-state index in [9.17, 15) is 22.4 Å². The Bertz CT molecular complexity index is 1770. The Morgan fingerprint density at radius 3 is 2.12 bits per heavy atom. The van der Waals surface area contributed by atoms with Gasteiger partial charge in [0.2, 0.25) is 0 Å². The number of hydrogen-bond donors (Lipinski definition) is 0. The Labute approximate surface area is 283 Å². The normalized spacial score (nSPS) is 16.1. The summed E-state index contributed by atoms with van der Waals surface area (Å²) in [5.74, 6) is -0.00252. The number of carbonyl (C=O) groups is 2. The number of benzene rings is 2. The second kappa shape index (κ2) is 13.7. The first kappa shape index (κ1) is 35.7. The van der Waals surface area contributed by atoms with E-state index in [-0.39, 0.29) is 73.4 Å². The van der Waals surface area contributed by atoms with Crippen molar-refractivity contribution >= 4 is 41.4 Å². The SMILES string of the molecule is CC(C)[Si](Oc1c2c(c(OC(=O)N3CCN(S(=O)(=O)N(C)C)CC3)c3cccnc13)CN(Cc1ccc(F)cc1)C2=O)(C(C)C)C(C)C. The number of pyridine rings is 1. The minimum atomic E-state index is -3.62. The standard InChI is InChI=1S/C34H46FN5O6SSi/c1-22(2)48(23(3)4,24(5)6)46-32-29-28(21-39(33(29)41)20-25-11-13-26(35)14-12-25)31(27-10-9-15-36-30(27)32)45-34(42)38-16-18-40(19-17-38)47(43,44)37(7)8/h9-15,22-24H,16-21H2,1-8H3. The van der Waals surface area contributed by atoms with Gasteiger partial charge in [0.25, 0.3) is 24.4 Å². The van der Waals surface area contributed by atoms with Crippen LogP contribution in [0, 0.1) is 5.82 Å². The molecule has 1 aromatic heterocycles. The van der Waals surface area contributed by atoms with E-state index in [4.69, 9.17) is 14.1 Å². The number of hydrogen-bond acceptors (Lipinski definition) is 7. The van der Waals surface area contributed by atoms with Gasteiger partial charge in [0.1, 0.15) is 22.8 Å². The Hall–Kier alpha value is -3.59. The van der Waals surface area contributed by atoms with Crippen molar-refractivity contribution in [2.75, 3.05) is 40.3 Å². The molecular formula is C34H46FN5O6SSi. The molecule has 1 saturated heterocycles. The Kier molecular flexibility index (Phi) is 10.2. The first-order valence-electron chi connectivity index (χ1n) is 16.4. The number of amides is 2. The predicted octanol–water partition coefficient (Wildman–Crippen LogP) is 6.01. The average Bonchev–Trinajstić information content (AvgIpc) is 3.36. The molecule has 0 saturated carbocycles. The smallest absolute Gasteiger partial charge is 0.415 e. The van der Waals surface area contributed by atoms with Crippen LogP contribution < -0.4 is 9.16 Å². The number of carbonyl (C=O) groups excluding carboxylic acids is 2. The fourth-order valence-electron chi connectivity index (χ4n) is 7.27. The van der Waals surface area contributed by atoms with E-state index in [1.54, 1.807) is 29.3 Å². The van der Waals surface area contributed by atoms with Crippen molar-refractivity contribution in [2.24, 2.45) is 0 Å². The number of halogens is 1. The molecule has 0 radical (unpaired) electrons. The van der Waals surface area contributed by atoms with Crippen LogP contribution in [0.4, 0.5) is 9.18 Å². The van der Waals surface area contributed by atoms with Crippen molar-refractivity contribution in [2.45, 2.75) is 71.3 Å². The molecule has 0 N–H and O–H groups in total. The summed E-state index contributed by atoms with van der Waals surface area (Å²) in [6.07, 6.45) is 0.994. The zero-order valence-corrected chi connectivity index (χ0v) is 30.8. The van der Waals surface area contributed by atoms with Crippen LogP contribution in [0.3, 0.4) is 0 Å². The largest absolute Gasteiger partial charge is 0.541 e. The van der Waals surface area contributed by atoms with Gasteiger partial charge in [-0.3, -0.25) is 9.78 Å². The third-order valence-electron chi connectivity index (χ3n) is 9.67. The molecule has 0 atom stereocenters. The molecule has 0 unspecified atom stereocenters. The van der Waals surface area contributed by atoms with Crippen molar-refractivity contribution in [3.63, 3.8) is 0 Å². The lowest BCUT2D eigenvalue weighted by Gasteiger charge is -2.42. The maximum atomic E-state index is 14.4. The van der Waals surface area contributed by atoms with Gasteiger partial charge in [0, 0.05) is 64.0 Å². The van der Waals surface area contributed by atoms with E-state index >= 15 is 0 Å². The Balaban J connectivity index is 1.59. The first-order chi connectivity index (χ1) is 22.6. The van der Waals surface area contributed by atoms with Gasteiger partial charge in [-0.2, -0.15) is 17.0 Å². The highest BCUT2D eigenvalue weighted by atomic mass is 32.2. The molecule has 0 aliphatic carbocycles. The van der Waals surface area contributed by atoms with Gasteiger partial charge in [-0.05, 0) is 46.5 Å². The molecule has 0 spiro atoms. The number of fused-ring (bicyclic) bond motifs is 2. The lowest BCUT2D eigenvalue weighted by molar-refractivity contribution is 0.0765. The molecule has 260 valence electrons. The van der Waals surface area contributed by atoms with Crippen LogP contribution in [0.2, 0.25) is 16.6 Å².